The number of nitrogens with one attached hydrogen (secondary N) is 1. The molecule has 1 aliphatic rings. The third-order valence-corrected chi connectivity index (χ3v) is 6.80. The van der Waals surface area contributed by atoms with Crippen LogP contribution in [0.1, 0.15) is 30.6 Å². The lowest BCUT2D eigenvalue weighted by molar-refractivity contribution is -0.0192. The highest BCUT2D eigenvalue weighted by atomic mass is 16.5. The van der Waals surface area contributed by atoms with Crippen LogP contribution in [-0.4, -0.2) is 59.0 Å². The Morgan fingerprint density at radius 2 is 1.89 bits per heavy atom. The third-order valence-electron chi connectivity index (χ3n) is 6.80. The van der Waals surface area contributed by atoms with Gasteiger partial charge in [-0.15, -0.1) is 0 Å². The maximum atomic E-state index is 12.8. The molecule has 1 fully saturated rings. The zero-order chi connectivity index (χ0) is 25.9. The van der Waals surface area contributed by atoms with E-state index in [0.29, 0.717) is 36.1 Å². The highest BCUT2D eigenvalue weighted by Gasteiger charge is 2.31. The normalized spacial score (nSPS) is 13.7. The highest BCUT2D eigenvalue weighted by molar-refractivity contribution is 5.96. The quantitative estimate of drug-likeness (QED) is 0.334. The number of aromatic nitrogens is 3. The largest absolute Gasteiger partial charge is 0.495 e. The Labute approximate surface area is 217 Å². The number of benzene rings is 2. The molecule has 0 aliphatic carbocycles. The van der Waals surface area contributed by atoms with E-state index in [4.69, 9.17) is 9.47 Å². The molecule has 0 bridgehead atoms. The Balaban J connectivity index is 1.34. The maximum absolute atomic E-state index is 12.8. The van der Waals surface area contributed by atoms with Crippen LogP contribution in [0.3, 0.4) is 0 Å². The minimum absolute atomic E-state index is 0.0259. The average Bonchev–Trinajstić information content (AvgIpc) is 3.36. The molecule has 8 heteroatoms. The van der Waals surface area contributed by atoms with Crippen LogP contribution in [0.5, 0.6) is 5.75 Å². The van der Waals surface area contributed by atoms with Crippen molar-refractivity contribution in [1.82, 2.24) is 19.7 Å². The average molecular weight is 500 g/mol. The molecule has 4 aromatic rings. The first-order valence-electron chi connectivity index (χ1n) is 12.6. The van der Waals surface area contributed by atoms with E-state index >= 15 is 0 Å². The second-order valence-corrected chi connectivity index (χ2v) is 9.91. The summed E-state index contributed by atoms with van der Waals surface area (Å²) in [6.45, 7) is 6.59. The molecule has 0 saturated carbocycles. The Hall–Kier alpha value is -3.91. The fourth-order valence-electron chi connectivity index (χ4n) is 4.42. The first-order chi connectivity index (χ1) is 17.9. The van der Waals surface area contributed by atoms with E-state index in [1.165, 1.54) is 0 Å². The molecule has 1 N–H and O–H groups in total. The van der Waals surface area contributed by atoms with Crippen LogP contribution in [0.2, 0.25) is 0 Å². The van der Waals surface area contributed by atoms with Crippen LogP contribution < -0.4 is 10.1 Å². The van der Waals surface area contributed by atoms with E-state index in [-0.39, 0.29) is 12.0 Å². The van der Waals surface area contributed by atoms with Crippen molar-refractivity contribution >= 4 is 28.2 Å². The summed E-state index contributed by atoms with van der Waals surface area (Å²) in [5.41, 5.74) is 3.54. The third kappa shape index (κ3) is 5.44. The van der Waals surface area contributed by atoms with Crippen LogP contribution in [0, 0.1) is 5.92 Å². The topological polar surface area (TPSA) is 81.5 Å². The molecular formula is C29H33N5O3. The maximum Gasteiger partial charge on any atom is 0.254 e. The lowest BCUT2D eigenvalue weighted by Crippen LogP contribution is -2.54. The van der Waals surface area contributed by atoms with Crippen molar-refractivity contribution in [2.45, 2.75) is 32.9 Å². The second-order valence-electron chi connectivity index (χ2n) is 9.91. The molecule has 3 heterocycles. The predicted octanol–water partition coefficient (Wildman–Crippen LogP) is 5.37. The minimum atomic E-state index is -0.0259. The number of likely N-dealkylation sites (tertiary alicyclic amines) is 1. The van der Waals surface area contributed by atoms with E-state index in [9.17, 15) is 4.79 Å². The number of rotatable bonds is 9. The lowest BCUT2D eigenvalue weighted by atomic mass is 10.0. The van der Waals surface area contributed by atoms with E-state index in [1.807, 2.05) is 35.3 Å². The van der Waals surface area contributed by atoms with Gasteiger partial charge in [-0.25, -0.2) is 4.98 Å². The summed E-state index contributed by atoms with van der Waals surface area (Å²) in [7, 11) is 3.26. The van der Waals surface area contributed by atoms with Gasteiger partial charge in [0.25, 0.3) is 5.91 Å². The molecule has 2 aromatic heterocycles. The van der Waals surface area contributed by atoms with Crippen molar-refractivity contribution < 1.29 is 14.3 Å². The van der Waals surface area contributed by atoms with Gasteiger partial charge in [0.15, 0.2) is 0 Å². The zero-order valence-corrected chi connectivity index (χ0v) is 21.8. The molecule has 1 saturated heterocycles. The molecule has 2 aromatic carbocycles. The van der Waals surface area contributed by atoms with Crippen molar-refractivity contribution in [2.75, 3.05) is 32.6 Å². The van der Waals surface area contributed by atoms with Gasteiger partial charge in [-0.2, -0.15) is 5.10 Å². The molecule has 5 rings (SSSR count). The van der Waals surface area contributed by atoms with Gasteiger partial charge in [-0.1, -0.05) is 26.0 Å². The van der Waals surface area contributed by atoms with Crippen LogP contribution in [0.4, 0.5) is 11.5 Å². The number of hydrogen-bond acceptors (Lipinski definition) is 6. The number of carbonyl (C=O) groups excluding carboxylic acids is 1. The fraction of sp³-hybridized carbons (Fsp3) is 0.345. The summed E-state index contributed by atoms with van der Waals surface area (Å²) in [6, 6.07) is 13.8. The van der Waals surface area contributed by atoms with Gasteiger partial charge in [0.05, 0.1) is 25.1 Å². The lowest BCUT2D eigenvalue weighted by Gasteiger charge is -2.38. The van der Waals surface area contributed by atoms with Gasteiger partial charge in [0.1, 0.15) is 11.6 Å². The Morgan fingerprint density at radius 3 is 2.65 bits per heavy atom. The SMILES string of the molecule is COc1cc(C(=O)N2CC(OC)C2)ccc1Nc1cc2cc(-c3cnn(CCC(C)C)c3)ccc2cn1. The number of carbonyl (C=O) groups is 1. The molecule has 0 atom stereocenters. The number of ether oxygens (including phenoxy) is 2. The van der Waals surface area contributed by atoms with E-state index in [1.54, 1.807) is 25.2 Å². The van der Waals surface area contributed by atoms with Crippen LogP contribution in [0.15, 0.2) is 61.1 Å². The van der Waals surface area contributed by atoms with Crippen LogP contribution in [-0.2, 0) is 11.3 Å². The number of methoxy groups -OCH3 is 2. The van der Waals surface area contributed by atoms with Crippen LogP contribution >= 0.6 is 0 Å². The summed E-state index contributed by atoms with van der Waals surface area (Å²) in [4.78, 5) is 19.1. The standard InChI is InChI=1S/C29H33N5O3/c1-19(2)9-10-34-16-24(15-31-34)20-5-6-22-14-30-28(13-23(22)11-20)32-26-8-7-21(12-27(26)37-4)29(35)33-17-25(18-33)36-3/h5-8,11-16,19,25H,9-10,17-18H2,1-4H3,(H,30,32). The number of anilines is 2. The molecule has 1 amide bonds. The fourth-order valence-corrected chi connectivity index (χ4v) is 4.42. The highest BCUT2D eigenvalue weighted by Crippen LogP contribution is 2.31. The number of nitrogens with zero attached hydrogens (tertiary/aromatic N) is 4. The summed E-state index contributed by atoms with van der Waals surface area (Å²) in [6.07, 6.45) is 7.10. The minimum Gasteiger partial charge on any atom is -0.495 e. The number of hydrogen-bond donors (Lipinski definition) is 1. The molecular weight excluding hydrogens is 466 g/mol. The van der Waals surface area contributed by atoms with Gasteiger partial charge in [0, 0.05) is 55.7 Å². The zero-order valence-electron chi connectivity index (χ0n) is 21.8. The second kappa shape index (κ2) is 10.6. The number of fused-ring (bicyclic) bond motifs is 1. The predicted molar refractivity (Wildman–Crippen MR) is 145 cm³/mol. The van der Waals surface area contributed by atoms with E-state index < -0.39 is 0 Å². The van der Waals surface area contributed by atoms with Gasteiger partial charge < -0.3 is 19.7 Å². The van der Waals surface area contributed by atoms with Crippen molar-refractivity contribution in [1.29, 1.82) is 0 Å². The molecule has 192 valence electrons. The van der Waals surface area contributed by atoms with Crippen molar-refractivity contribution in [3.05, 3.63) is 66.6 Å². The molecule has 37 heavy (non-hydrogen) atoms. The molecule has 0 spiro atoms. The van der Waals surface area contributed by atoms with E-state index in [0.717, 1.165) is 40.6 Å². The van der Waals surface area contributed by atoms with Crippen LogP contribution in [0.25, 0.3) is 21.9 Å². The molecule has 0 radical (unpaired) electrons. The van der Waals surface area contributed by atoms with Crippen molar-refractivity contribution in [3.8, 4) is 16.9 Å². The first-order valence-corrected chi connectivity index (χ1v) is 12.6. The monoisotopic (exact) mass is 499 g/mol. The smallest absolute Gasteiger partial charge is 0.254 e. The van der Waals surface area contributed by atoms with E-state index in [2.05, 4.69) is 53.6 Å². The summed E-state index contributed by atoms with van der Waals surface area (Å²) in [5.74, 6) is 1.90. The summed E-state index contributed by atoms with van der Waals surface area (Å²) in [5, 5.41) is 10.0. The molecule has 0 unspecified atom stereocenters. The summed E-state index contributed by atoms with van der Waals surface area (Å²) >= 11 is 0. The summed E-state index contributed by atoms with van der Waals surface area (Å²) < 4.78 is 12.9. The van der Waals surface area contributed by atoms with Gasteiger partial charge in [-0.05, 0) is 53.6 Å². The van der Waals surface area contributed by atoms with Crippen molar-refractivity contribution in [3.63, 3.8) is 0 Å². The van der Waals surface area contributed by atoms with Gasteiger partial charge in [-0.3, -0.25) is 9.48 Å². The molecule has 8 nitrogen and oxygen atoms in total. The van der Waals surface area contributed by atoms with Gasteiger partial charge >= 0.3 is 0 Å². The van der Waals surface area contributed by atoms with Crippen molar-refractivity contribution in [2.24, 2.45) is 5.92 Å². The Morgan fingerprint density at radius 1 is 1.05 bits per heavy atom. The first kappa shape index (κ1) is 24.8. The number of pyridine rings is 1. The molecule has 1 aliphatic heterocycles. The Bertz CT molecular complexity index is 1410. The Kier molecular flexibility index (Phi) is 7.10. The van der Waals surface area contributed by atoms with Gasteiger partial charge in [0.2, 0.25) is 0 Å². The number of amides is 1. The number of aryl methyl sites for hydroxylation is 1.